The van der Waals surface area contributed by atoms with E-state index in [2.05, 4.69) is 30.9 Å². The number of halogens is 1. The lowest BCUT2D eigenvalue weighted by molar-refractivity contribution is 1.12. The van der Waals surface area contributed by atoms with Crippen LogP contribution in [-0.4, -0.2) is 15.0 Å². The van der Waals surface area contributed by atoms with Gasteiger partial charge in [-0.1, -0.05) is 15.9 Å². The van der Waals surface area contributed by atoms with Crippen LogP contribution >= 0.6 is 15.9 Å². The Morgan fingerprint density at radius 2 is 1.89 bits per heavy atom. The molecule has 0 saturated heterocycles. The largest absolute Gasteiger partial charge is 0.345 e. The molecular formula is C13H8BrN3O. The zero-order chi connectivity index (χ0) is 12.5. The fourth-order valence-corrected chi connectivity index (χ4v) is 2.22. The molecule has 0 amide bonds. The van der Waals surface area contributed by atoms with Crippen molar-refractivity contribution in [3.63, 3.8) is 0 Å². The van der Waals surface area contributed by atoms with Crippen LogP contribution in [0, 0.1) is 0 Å². The molecule has 0 spiro atoms. The number of nitrogens with one attached hydrogen (secondary N) is 1. The Morgan fingerprint density at radius 1 is 1.11 bits per heavy atom. The summed E-state index contributed by atoms with van der Waals surface area (Å²) in [6, 6.07) is 9.35. The Kier molecular flexibility index (Phi) is 2.68. The highest BCUT2D eigenvalue weighted by Gasteiger charge is 2.07. The monoisotopic (exact) mass is 301 g/mol. The first-order valence-corrected chi connectivity index (χ1v) is 6.13. The Labute approximate surface area is 111 Å². The molecule has 3 aromatic rings. The van der Waals surface area contributed by atoms with Crippen LogP contribution in [0.15, 0.2) is 52.0 Å². The predicted octanol–water partition coefficient (Wildman–Crippen LogP) is 2.75. The third kappa shape index (κ3) is 1.93. The zero-order valence-electron chi connectivity index (χ0n) is 9.22. The van der Waals surface area contributed by atoms with E-state index in [0.717, 1.165) is 20.9 Å². The van der Waals surface area contributed by atoms with Gasteiger partial charge in [0.2, 0.25) is 0 Å². The highest BCUT2D eigenvalue weighted by atomic mass is 79.9. The van der Waals surface area contributed by atoms with Crippen LogP contribution in [0.2, 0.25) is 0 Å². The van der Waals surface area contributed by atoms with Crippen molar-refractivity contribution in [3.8, 4) is 11.3 Å². The molecule has 0 aliphatic carbocycles. The molecule has 1 N–H and O–H groups in total. The summed E-state index contributed by atoms with van der Waals surface area (Å²) in [5.41, 5.74) is 1.96. The number of aromatic nitrogens is 3. The highest BCUT2D eigenvalue weighted by molar-refractivity contribution is 9.10. The SMILES string of the molecule is O=c1nc(-c2ccncc2)c2cc(Br)ccc2[nH]1. The molecule has 3 rings (SSSR count). The van der Waals surface area contributed by atoms with Gasteiger partial charge >= 0.3 is 5.69 Å². The summed E-state index contributed by atoms with van der Waals surface area (Å²) in [6.45, 7) is 0. The van der Waals surface area contributed by atoms with Crippen LogP contribution < -0.4 is 5.69 Å². The maximum atomic E-state index is 11.6. The van der Waals surface area contributed by atoms with Crippen LogP contribution in [0.3, 0.4) is 0 Å². The van der Waals surface area contributed by atoms with Gasteiger partial charge in [-0.3, -0.25) is 4.98 Å². The van der Waals surface area contributed by atoms with Gasteiger partial charge in [0.05, 0.1) is 11.2 Å². The summed E-state index contributed by atoms with van der Waals surface area (Å²) >= 11 is 3.43. The minimum atomic E-state index is -0.350. The second-order valence-corrected chi connectivity index (χ2v) is 4.73. The minimum Gasteiger partial charge on any atom is -0.305 e. The van der Waals surface area contributed by atoms with Gasteiger partial charge in [0.1, 0.15) is 0 Å². The number of hydrogen-bond donors (Lipinski definition) is 1. The standard InChI is InChI=1S/C13H8BrN3O/c14-9-1-2-11-10(7-9)12(17-13(18)16-11)8-3-5-15-6-4-8/h1-7H,(H,16,17,18). The third-order valence-corrected chi connectivity index (χ3v) is 3.14. The number of benzene rings is 1. The number of aromatic amines is 1. The molecule has 0 atom stereocenters. The van der Waals surface area contributed by atoms with Crippen molar-refractivity contribution < 1.29 is 0 Å². The number of rotatable bonds is 1. The summed E-state index contributed by atoms with van der Waals surface area (Å²) in [7, 11) is 0. The molecule has 0 bridgehead atoms. The lowest BCUT2D eigenvalue weighted by Gasteiger charge is -2.05. The molecule has 0 unspecified atom stereocenters. The fourth-order valence-electron chi connectivity index (χ4n) is 1.86. The second-order valence-electron chi connectivity index (χ2n) is 3.82. The number of H-pyrrole nitrogens is 1. The summed E-state index contributed by atoms with van der Waals surface area (Å²) in [6.07, 6.45) is 3.37. The molecule has 5 heteroatoms. The van der Waals surface area contributed by atoms with Gasteiger partial charge in [-0.05, 0) is 30.3 Å². The van der Waals surface area contributed by atoms with Gasteiger partial charge in [0, 0.05) is 27.8 Å². The molecule has 88 valence electrons. The molecule has 0 aliphatic rings. The maximum absolute atomic E-state index is 11.6. The van der Waals surface area contributed by atoms with E-state index >= 15 is 0 Å². The van der Waals surface area contributed by atoms with Crippen LogP contribution in [0.4, 0.5) is 0 Å². The van der Waals surface area contributed by atoms with Gasteiger partial charge in [-0.2, -0.15) is 4.98 Å². The van der Waals surface area contributed by atoms with E-state index in [9.17, 15) is 4.79 Å². The van der Waals surface area contributed by atoms with E-state index in [1.54, 1.807) is 12.4 Å². The first-order chi connectivity index (χ1) is 8.74. The molecule has 1 aromatic carbocycles. The third-order valence-electron chi connectivity index (χ3n) is 2.65. The van der Waals surface area contributed by atoms with Crippen molar-refractivity contribution in [2.75, 3.05) is 0 Å². The molecule has 0 radical (unpaired) electrons. The number of pyridine rings is 1. The van der Waals surface area contributed by atoms with Crippen molar-refractivity contribution >= 4 is 26.8 Å². The van der Waals surface area contributed by atoms with Crippen LogP contribution in [-0.2, 0) is 0 Å². The Morgan fingerprint density at radius 3 is 2.67 bits per heavy atom. The average molecular weight is 302 g/mol. The minimum absolute atomic E-state index is 0.350. The zero-order valence-corrected chi connectivity index (χ0v) is 10.8. The van der Waals surface area contributed by atoms with E-state index in [1.165, 1.54) is 0 Å². The molecule has 0 fully saturated rings. The van der Waals surface area contributed by atoms with Crippen LogP contribution in [0.25, 0.3) is 22.2 Å². The molecule has 18 heavy (non-hydrogen) atoms. The number of hydrogen-bond acceptors (Lipinski definition) is 3. The Balaban J connectivity index is 2.41. The Hall–Kier alpha value is -2.01. The summed E-state index contributed by atoms with van der Waals surface area (Å²) in [5, 5.41) is 0.898. The second kappa shape index (κ2) is 4.34. The van der Waals surface area contributed by atoms with Gasteiger partial charge in [0.25, 0.3) is 0 Å². The van der Waals surface area contributed by atoms with Crippen molar-refractivity contribution in [1.29, 1.82) is 0 Å². The van der Waals surface area contributed by atoms with Crippen molar-refractivity contribution in [2.45, 2.75) is 0 Å². The molecule has 0 aliphatic heterocycles. The van der Waals surface area contributed by atoms with E-state index < -0.39 is 0 Å². The molecule has 0 saturated carbocycles. The van der Waals surface area contributed by atoms with Crippen LogP contribution in [0.5, 0.6) is 0 Å². The van der Waals surface area contributed by atoms with Gasteiger partial charge < -0.3 is 4.98 Å². The maximum Gasteiger partial charge on any atom is 0.345 e. The quantitative estimate of drug-likeness (QED) is 0.752. The molecular weight excluding hydrogens is 294 g/mol. The van der Waals surface area contributed by atoms with E-state index in [4.69, 9.17) is 0 Å². The van der Waals surface area contributed by atoms with Crippen molar-refractivity contribution in [3.05, 3.63) is 57.7 Å². The molecule has 2 heterocycles. The average Bonchev–Trinajstić information content (AvgIpc) is 2.39. The molecule has 2 aromatic heterocycles. The van der Waals surface area contributed by atoms with Gasteiger partial charge in [-0.25, -0.2) is 4.79 Å². The summed E-state index contributed by atoms with van der Waals surface area (Å²) < 4.78 is 0.944. The van der Waals surface area contributed by atoms with E-state index in [-0.39, 0.29) is 5.69 Å². The van der Waals surface area contributed by atoms with Crippen molar-refractivity contribution in [1.82, 2.24) is 15.0 Å². The number of fused-ring (bicyclic) bond motifs is 1. The Bertz CT molecular complexity index is 768. The topological polar surface area (TPSA) is 58.6 Å². The van der Waals surface area contributed by atoms with E-state index in [1.807, 2.05) is 30.3 Å². The lowest BCUT2D eigenvalue weighted by Crippen LogP contribution is -2.11. The van der Waals surface area contributed by atoms with E-state index in [0.29, 0.717) is 5.69 Å². The van der Waals surface area contributed by atoms with Crippen LogP contribution in [0.1, 0.15) is 0 Å². The summed E-state index contributed by atoms with van der Waals surface area (Å²) in [5.74, 6) is 0. The molecule has 4 nitrogen and oxygen atoms in total. The van der Waals surface area contributed by atoms with Gasteiger partial charge in [-0.15, -0.1) is 0 Å². The number of nitrogens with zero attached hydrogens (tertiary/aromatic N) is 2. The summed E-state index contributed by atoms with van der Waals surface area (Å²) in [4.78, 5) is 22.3. The first kappa shape index (κ1) is 11.1. The fraction of sp³-hybridized carbons (Fsp3) is 0. The first-order valence-electron chi connectivity index (χ1n) is 5.34. The normalized spacial score (nSPS) is 10.7. The van der Waals surface area contributed by atoms with Gasteiger partial charge in [0.15, 0.2) is 0 Å². The highest BCUT2D eigenvalue weighted by Crippen LogP contribution is 2.26. The smallest absolute Gasteiger partial charge is 0.305 e. The van der Waals surface area contributed by atoms with Crippen molar-refractivity contribution in [2.24, 2.45) is 0 Å². The lowest BCUT2D eigenvalue weighted by atomic mass is 10.1. The predicted molar refractivity (Wildman–Crippen MR) is 73.3 cm³/mol.